The van der Waals surface area contributed by atoms with Crippen LogP contribution in [0.2, 0.25) is 0 Å². The van der Waals surface area contributed by atoms with Gasteiger partial charge in [0.25, 0.3) is 0 Å². The minimum absolute atomic E-state index is 0.153. The number of aromatic nitrogens is 2. The van der Waals surface area contributed by atoms with E-state index in [1.165, 1.54) is 0 Å². The Kier molecular flexibility index (Phi) is 4.06. The van der Waals surface area contributed by atoms with E-state index < -0.39 is 5.91 Å². The van der Waals surface area contributed by atoms with Crippen molar-refractivity contribution in [1.82, 2.24) is 15.3 Å². The Morgan fingerprint density at radius 3 is 2.83 bits per heavy atom. The van der Waals surface area contributed by atoms with Crippen molar-refractivity contribution in [2.24, 2.45) is 5.73 Å². The number of carbonyl (C=O) groups is 1. The monoisotopic (exact) mass is 246 g/mol. The molecule has 0 saturated heterocycles. The third-order valence-corrected chi connectivity index (χ3v) is 2.23. The van der Waals surface area contributed by atoms with Gasteiger partial charge in [0.15, 0.2) is 0 Å². The van der Waals surface area contributed by atoms with Crippen LogP contribution in [-0.2, 0) is 16.2 Å². The highest BCUT2D eigenvalue weighted by molar-refractivity contribution is 5.74. The first-order valence-corrected chi connectivity index (χ1v) is 5.48. The zero-order valence-electron chi connectivity index (χ0n) is 9.74. The molecule has 18 heavy (non-hydrogen) atoms. The van der Waals surface area contributed by atoms with Crippen molar-refractivity contribution < 1.29 is 9.63 Å². The molecule has 0 aliphatic carbocycles. The summed E-state index contributed by atoms with van der Waals surface area (Å²) in [5, 5.41) is 4.36. The number of primary amides is 1. The van der Waals surface area contributed by atoms with Crippen molar-refractivity contribution in [3.05, 3.63) is 48.3 Å². The van der Waals surface area contributed by atoms with Crippen molar-refractivity contribution in [3.63, 3.8) is 0 Å². The summed E-state index contributed by atoms with van der Waals surface area (Å²) in [5.41, 5.74) is 9.35. The van der Waals surface area contributed by atoms with Crippen LogP contribution in [0.25, 0.3) is 5.69 Å². The Hall–Kier alpha value is -2.18. The molecule has 6 heteroatoms. The summed E-state index contributed by atoms with van der Waals surface area (Å²) in [4.78, 5) is 15.3. The number of nitrogens with one attached hydrogen (secondary N) is 1. The summed E-state index contributed by atoms with van der Waals surface area (Å²) in [6, 6.07) is 11.7. The van der Waals surface area contributed by atoms with Crippen LogP contribution in [0.15, 0.2) is 42.6 Å². The molecule has 1 aromatic carbocycles. The second-order valence-electron chi connectivity index (χ2n) is 3.66. The summed E-state index contributed by atoms with van der Waals surface area (Å²) in [5.74, 6) is -0.516. The molecule has 94 valence electrons. The molecule has 1 amide bonds. The molecule has 0 fully saturated rings. The highest BCUT2D eigenvalue weighted by Crippen LogP contribution is 2.06. The lowest BCUT2D eigenvalue weighted by Crippen LogP contribution is -2.24. The zero-order valence-corrected chi connectivity index (χ0v) is 9.74. The van der Waals surface area contributed by atoms with Gasteiger partial charge in [-0.25, -0.2) is 4.68 Å². The molecule has 0 unspecified atom stereocenters. The number of carbonyl (C=O) groups excluding carboxylic acids is 1. The van der Waals surface area contributed by atoms with Crippen molar-refractivity contribution in [1.29, 1.82) is 0 Å². The van der Waals surface area contributed by atoms with E-state index in [1.807, 2.05) is 42.6 Å². The SMILES string of the molecule is NC(=O)CONCc1ccn(-c2ccccc2)n1. The summed E-state index contributed by atoms with van der Waals surface area (Å²) in [6.45, 7) is 0.256. The van der Waals surface area contributed by atoms with Crippen LogP contribution < -0.4 is 11.2 Å². The Morgan fingerprint density at radius 1 is 1.33 bits per heavy atom. The predicted molar refractivity (Wildman–Crippen MR) is 65.6 cm³/mol. The standard InChI is InChI=1S/C12H14N4O2/c13-12(17)9-18-14-8-10-6-7-16(15-10)11-4-2-1-3-5-11/h1-7,14H,8-9H2,(H2,13,17). The molecule has 2 aromatic rings. The number of benzene rings is 1. The molecule has 1 aromatic heterocycles. The second-order valence-corrected chi connectivity index (χ2v) is 3.66. The van der Waals surface area contributed by atoms with E-state index in [9.17, 15) is 4.79 Å². The first-order chi connectivity index (χ1) is 8.75. The number of nitrogens with zero attached hydrogens (tertiary/aromatic N) is 2. The molecule has 0 aliphatic heterocycles. The number of amides is 1. The van der Waals surface area contributed by atoms with Crippen molar-refractivity contribution >= 4 is 5.91 Å². The topological polar surface area (TPSA) is 82.2 Å². The number of para-hydroxylation sites is 1. The van der Waals surface area contributed by atoms with E-state index in [-0.39, 0.29) is 6.61 Å². The van der Waals surface area contributed by atoms with E-state index in [2.05, 4.69) is 10.6 Å². The van der Waals surface area contributed by atoms with Gasteiger partial charge in [0.1, 0.15) is 6.61 Å². The summed E-state index contributed by atoms with van der Waals surface area (Å²) in [7, 11) is 0. The number of rotatable bonds is 6. The number of hydrogen-bond donors (Lipinski definition) is 2. The van der Waals surface area contributed by atoms with Crippen molar-refractivity contribution in [3.8, 4) is 5.69 Å². The van der Waals surface area contributed by atoms with Gasteiger partial charge in [0, 0.05) is 6.20 Å². The lowest BCUT2D eigenvalue weighted by Gasteiger charge is -2.02. The number of hydroxylamine groups is 1. The molecule has 0 aliphatic rings. The van der Waals surface area contributed by atoms with Gasteiger partial charge in [-0.1, -0.05) is 18.2 Å². The van der Waals surface area contributed by atoms with Gasteiger partial charge >= 0.3 is 0 Å². The van der Waals surface area contributed by atoms with Gasteiger partial charge in [-0.15, -0.1) is 0 Å². The van der Waals surface area contributed by atoms with Crippen LogP contribution in [0.5, 0.6) is 0 Å². The first-order valence-electron chi connectivity index (χ1n) is 5.48. The highest BCUT2D eigenvalue weighted by Gasteiger charge is 2.01. The molecule has 0 radical (unpaired) electrons. The highest BCUT2D eigenvalue weighted by atomic mass is 16.6. The molecular weight excluding hydrogens is 232 g/mol. The van der Waals surface area contributed by atoms with Crippen LogP contribution in [0.4, 0.5) is 0 Å². The van der Waals surface area contributed by atoms with Crippen LogP contribution in [0.3, 0.4) is 0 Å². The molecular formula is C12H14N4O2. The zero-order chi connectivity index (χ0) is 12.8. The fourth-order valence-electron chi connectivity index (χ4n) is 1.43. The third kappa shape index (κ3) is 3.41. The van der Waals surface area contributed by atoms with E-state index in [0.717, 1.165) is 11.4 Å². The molecule has 0 bridgehead atoms. The molecule has 0 atom stereocenters. The Labute approximate surface area is 104 Å². The maximum atomic E-state index is 10.4. The normalized spacial score (nSPS) is 10.4. The minimum atomic E-state index is -0.516. The van der Waals surface area contributed by atoms with Gasteiger partial charge in [-0.3, -0.25) is 9.63 Å². The quantitative estimate of drug-likeness (QED) is 0.570. The van der Waals surface area contributed by atoms with Crippen LogP contribution in [-0.4, -0.2) is 22.3 Å². The number of nitrogens with two attached hydrogens (primary N) is 1. The molecule has 3 N–H and O–H groups in total. The van der Waals surface area contributed by atoms with Gasteiger partial charge < -0.3 is 5.73 Å². The minimum Gasteiger partial charge on any atom is -0.368 e. The molecule has 2 rings (SSSR count). The smallest absolute Gasteiger partial charge is 0.245 e. The largest absolute Gasteiger partial charge is 0.368 e. The Bertz CT molecular complexity index is 510. The van der Waals surface area contributed by atoms with E-state index in [4.69, 9.17) is 10.6 Å². The van der Waals surface area contributed by atoms with E-state index in [0.29, 0.717) is 6.54 Å². The van der Waals surface area contributed by atoms with E-state index in [1.54, 1.807) is 4.68 Å². The van der Waals surface area contributed by atoms with Gasteiger partial charge in [-0.2, -0.15) is 10.6 Å². The lowest BCUT2D eigenvalue weighted by molar-refractivity contribution is -0.125. The summed E-state index contributed by atoms with van der Waals surface area (Å²) >= 11 is 0. The molecule has 0 spiro atoms. The molecule has 1 heterocycles. The average molecular weight is 246 g/mol. The maximum absolute atomic E-state index is 10.4. The fraction of sp³-hybridized carbons (Fsp3) is 0.167. The average Bonchev–Trinajstić information content (AvgIpc) is 2.84. The Morgan fingerprint density at radius 2 is 2.11 bits per heavy atom. The van der Waals surface area contributed by atoms with Gasteiger partial charge in [0.2, 0.25) is 5.91 Å². The number of hydrogen-bond acceptors (Lipinski definition) is 4. The first kappa shape index (κ1) is 12.3. The van der Waals surface area contributed by atoms with E-state index >= 15 is 0 Å². The lowest BCUT2D eigenvalue weighted by atomic mass is 10.3. The molecule has 6 nitrogen and oxygen atoms in total. The van der Waals surface area contributed by atoms with Crippen molar-refractivity contribution in [2.75, 3.05) is 6.61 Å². The summed E-state index contributed by atoms with van der Waals surface area (Å²) < 4.78 is 1.77. The second kappa shape index (κ2) is 5.95. The third-order valence-electron chi connectivity index (χ3n) is 2.23. The van der Waals surface area contributed by atoms with Crippen LogP contribution >= 0.6 is 0 Å². The van der Waals surface area contributed by atoms with Crippen LogP contribution in [0.1, 0.15) is 5.69 Å². The maximum Gasteiger partial charge on any atom is 0.245 e. The predicted octanol–water partition coefficient (Wildman–Crippen LogP) is 0.379. The molecule has 0 saturated carbocycles. The van der Waals surface area contributed by atoms with Crippen molar-refractivity contribution in [2.45, 2.75) is 6.54 Å². The summed E-state index contributed by atoms with van der Waals surface area (Å²) in [6.07, 6.45) is 1.86. The van der Waals surface area contributed by atoms with Crippen LogP contribution in [0, 0.1) is 0 Å². The Balaban J connectivity index is 1.89. The van der Waals surface area contributed by atoms with Gasteiger partial charge in [0.05, 0.1) is 17.9 Å². The fourth-order valence-corrected chi connectivity index (χ4v) is 1.43. The van der Waals surface area contributed by atoms with Gasteiger partial charge in [-0.05, 0) is 18.2 Å².